The van der Waals surface area contributed by atoms with E-state index in [-0.39, 0.29) is 0 Å². The molecule has 0 aliphatic heterocycles. The summed E-state index contributed by atoms with van der Waals surface area (Å²) in [5, 5.41) is 3.40. The summed E-state index contributed by atoms with van der Waals surface area (Å²) in [5.41, 5.74) is 9.24. The van der Waals surface area contributed by atoms with E-state index >= 15 is 0 Å². The summed E-state index contributed by atoms with van der Waals surface area (Å²) in [4.78, 5) is 4.71. The van der Waals surface area contributed by atoms with E-state index in [4.69, 9.17) is 4.99 Å². The molecule has 3 nitrogen and oxygen atoms in total. The van der Waals surface area contributed by atoms with Gasteiger partial charge in [0.25, 0.3) is 0 Å². The Morgan fingerprint density at radius 3 is 2.23 bits per heavy atom. The van der Waals surface area contributed by atoms with Gasteiger partial charge in [0.2, 0.25) is 0 Å². The first-order valence-corrected chi connectivity index (χ1v) is 10.4. The number of hydrogen-bond acceptors (Lipinski definition) is 2. The molecule has 3 aromatic carbocycles. The number of hydrogen-bond donors (Lipinski definition) is 1. The maximum absolute atomic E-state index is 4.71. The van der Waals surface area contributed by atoms with Crippen molar-refractivity contribution in [2.75, 3.05) is 5.32 Å². The minimum atomic E-state index is 0.937. The van der Waals surface area contributed by atoms with Crippen LogP contribution in [0.2, 0.25) is 0 Å². The molecular formula is C27H27N3. The van der Waals surface area contributed by atoms with Crippen LogP contribution in [0.4, 0.5) is 17.1 Å². The van der Waals surface area contributed by atoms with E-state index < -0.39 is 0 Å². The van der Waals surface area contributed by atoms with E-state index in [0.29, 0.717) is 0 Å². The highest BCUT2D eigenvalue weighted by Crippen LogP contribution is 2.24. The number of rotatable bonds is 6. The third-order valence-corrected chi connectivity index (χ3v) is 5.37. The number of nitrogens with one attached hydrogen (secondary N) is 1. The van der Waals surface area contributed by atoms with Crippen molar-refractivity contribution >= 4 is 23.3 Å². The van der Waals surface area contributed by atoms with Crippen molar-refractivity contribution in [3.8, 4) is 5.69 Å². The van der Waals surface area contributed by atoms with Gasteiger partial charge in [-0.05, 0) is 74.4 Å². The molecule has 0 saturated heterocycles. The molecule has 0 spiro atoms. The average Bonchev–Trinajstić information content (AvgIpc) is 3.07. The van der Waals surface area contributed by atoms with Crippen LogP contribution in [-0.4, -0.2) is 10.8 Å². The van der Waals surface area contributed by atoms with Crippen LogP contribution in [0.5, 0.6) is 0 Å². The zero-order chi connectivity index (χ0) is 20.9. The molecule has 0 radical (unpaired) electrons. The molecule has 0 amide bonds. The molecule has 0 aliphatic rings. The molecule has 0 atom stereocenters. The van der Waals surface area contributed by atoms with Gasteiger partial charge in [0.15, 0.2) is 0 Å². The Morgan fingerprint density at radius 1 is 0.833 bits per heavy atom. The van der Waals surface area contributed by atoms with E-state index in [1.807, 2.05) is 36.5 Å². The standard InChI is InChI=1S/C27H27N3/c1-4-22-10-8-9-13-27(22)30-20(2)18-23(21(30)3)19-28-24-14-16-26(17-15-24)29-25-11-6-5-7-12-25/h5-19,29H,4H2,1-3H3. The van der Waals surface area contributed by atoms with Gasteiger partial charge in [-0.2, -0.15) is 0 Å². The quantitative estimate of drug-likeness (QED) is 0.346. The molecule has 4 rings (SSSR count). The summed E-state index contributed by atoms with van der Waals surface area (Å²) in [6, 6.07) is 29.2. The van der Waals surface area contributed by atoms with Crippen molar-refractivity contribution in [1.82, 2.24) is 4.57 Å². The lowest BCUT2D eigenvalue weighted by molar-refractivity contribution is 0.937. The minimum absolute atomic E-state index is 0.937. The number of aromatic nitrogens is 1. The van der Waals surface area contributed by atoms with Crippen LogP contribution >= 0.6 is 0 Å². The van der Waals surface area contributed by atoms with Crippen LogP contribution in [0, 0.1) is 13.8 Å². The molecule has 150 valence electrons. The van der Waals surface area contributed by atoms with Crippen LogP contribution in [-0.2, 0) is 6.42 Å². The Hall–Kier alpha value is -3.59. The molecule has 0 bridgehead atoms. The highest BCUT2D eigenvalue weighted by molar-refractivity contribution is 5.84. The fourth-order valence-corrected chi connectivity index (χ4v) is 3.78. The van der Waals surface area contributed by atoms with Crippen LogP contribution in [0.3, 0.4) is 0 Å². The Labute approximate surface area is 178 Å². The average molecular weight is 394 g/mol. The number of para-hydroxylation sites is 2. The molecule has 1 aromatic heterocycles. The largest absolute Gasteiger partial charge is 0.356 e. The molecule has 0 fully saturated rings. The van der Waals surface area contributed by atoms with Gasteiger partial charge in [-0.1, -0.05) is 43.3 Å². The zero-order valence-electron chi connectivity index (χ0n) is 17.8. The van der Waals surface area contributed by atoms with Gasteiger partial charge in [0.05, 0.1) is 5.69 Å². The predicted molar refractivity (Wildman–Crippen MR) is 128 cm³/mol. The summed E-state index contributed by atoms with van der Waals surface area (Å²) in [6.45, 7) is 6.51. The summed E-state index contributed by atoms with van der Waals surface area (Å²) < 4.78 is 2.33. The molecule has 1 N–H and O–H groups in total. The van der Waals surface area contributed by atoms with Gasteiger partial charge in [-0.15, -0.1) is 0 Å². The predicted octanol–water partition coefficient (Wildman–Crippen LogP) is 7.15. The van der Waals surface area contributed by atoms with E-state index in [2.05, 4.69) is 85.3 Å². The van der Waals surface area contributed by atoms with Crippen molar-refractivity contribution in [3.63, 3.8) is 0 Å². The smallest absolute Gasteiger partial charge is 0.0631 e. The van der Waals surface area contributed by atoms with Crippen LogP contribution in [0.25, 0.3) is 5.69 Å². The Morgan fingerprint density at radius 2 is 1.50 bits per heavy atom. The van der Waals surface area contributed by atoms with Gasteiger partial charge >= 0.3 is 0 Å². The third-order valence-electron chi connectivity index (χ3n) is 5.37. The van der Waals surface area contributed by atoms with Gasteiger partial charge < -0.3 is 9.88 Å². The Bertz CT molecular complexity index is 1150. The summed E-state index contributed by atoms with van der Waals surface area (Å²) in [5.74, 6) is 0. The number of benzene rings is 3. The molecule has 1 heterocycles. The van der Waals surface area contributed by atoms with E-state index in [9.17, 15) is 0 Å². The summed E-state index contributed by atoms with van der Waals surface area (Å²) in [6.07, 6.45) is 2.98. The SMILES string of the molecule is CCc1ccccc1-n1c(C)cc(C=Nc2ccc(Nc3ccccc3)cc2)c1C. The molecule has 30 heavy (non-hydrogen) atoms. The Kier molecular flexibility index (Phi) is 5.80. The van der Waals surface area contributed by atoms with E-state index in [0.717, 1.165) is 29.0 Å². The monoisotopic (exact) mass is 393 g/mol. The molecule has 0 saturated carbocycles. The van der Waals surface area contributed by atoms with Gasteiger partial charge in [0, 0.05) is 40.2 Å². The Balaban J connectivity index is 1.55. The topological polar surface area (TPSA) is 29.3 Å². The first-order chi connectivity index (χ1) is 14.7. The van der Waals surface area contributed by atoms with E-state index in [1.54, 1.807) is 0 Å². The lowest BCUT2D eigenvalue weighted by Crippen LogP contribution is -2.03. The second kappa shape index (κ2) is 8.83. The second-order valence-electron chi connectivity index (χ2n) is 7.44. The third kappa shape index (κ3) is 4.20. The number of anilines is 2. The van der Waals surface area contributed by atoms with E-state index in [1.165, 1.54) is 22.6 Å². The molecule has 4 aromatic rings. The van der Waals surface area contributed by atoms with Crippen LogP contribution < -0.4 is 5.32 Å². The molecule has 0 unspecified atom stereocenters. The maximum Gasteiger partial charge on any atom is 0.0631 e. The maximum atomic E-state index is 4.71. The molecular weight excluding hydrogens is 366 g/mol. The fraction of sp³-hybridized carbons (Fsp3) is 0.148. The van der Waals surface area contributed by atoms with Crippen molar-refractivity contribution < 1.29 is 0 Å². The summed E-state index contributed by atoms with van der Waals surface area (Å²) in [7, 11) is 0. The van der Waals surface area contributed by atoms with Crippen molar-refractivity contribution in [2.24, 2.45) is 4.99 Å². The number of nitrogens with zero attached hydrogens (tertiary/aromatic N) is 2. The highest BCUT2D eigenvalue weighted by Gasteiger charge is 2.11. The van der Waals surface area contributed by atoms with Crippen molar-refractivity contribution in [3.05, 3.63) is 107 Å². The van der Waals surface area contributed by atoms with Crippen molar-refractivity contribution in [2.45, 2.75) is 27.2 Å². The van der Waals surface area contributed by atoms with Gasteiger partial charge in [-0.25, -0.2) is 0 Å². The highest BCUT2D eigenvalue weighted by atomic mass is 15.0. The van der Waals surface area contributed by atoms with Crippen LogP contribution in [0.1, 0.15) is 29.4 Å². The lowest BCUT2D eigenvalue weighted by Gasteiger charge is -2.13. The molecule has 0 aliphatic carbocycles. The van der Waals surface area contributed by atoms with Gasteiger partial charge in [0.1, 0.15) is 0 Å². The minimum Gasteiger partial charge on any atom is -0.356 e. The second-order valence-corrected chi connectivity index (χ2v) is 7.44. The normalized spacial score (nSPS) is 11.2. The molecule has 3 heteroatoms. The summed E-state index contributed by atoms with van der Waals surface area (Å²) >= 11 is 0. The number of aliphatic imine (C=N–C) groups is 1. The number of aryl methyl sites for hydroxylation is 2. The van der Waals surface area contributed by atoms with Crippen LogP contribution in [0.15, 0.2) is 89.9 Å². The zero-order valence-corrected chi connectivity index (χ0v) is 17.8. The van der Waals surface area contributed by atoms with Crippen molar-refractivity contribution in [1.29, 1.82) is 0 Å². The van der Waals surface area contributed by atoms with Gasteiger partial charge in [-0.3, -0.25) is 4.99 Å². The first-order valence-electron chi connectivity index (χ1n) is 10.4. The first kappa shape index (κ1) is 19.7. The lowest BCUT2D eigenvalue weighted by atomic mass is 10.1. The fourth-order valence-electron chi connectivity index (χ4n) is 3.78.